The molecule has 0 N–H and O–H groups in total. The molecule has 0 bridgehead atoms. The second-order valence-electron chi connectivity index (χ2n) is 3.94. The van der Waals surface area contributed by atoms with E-state index >= 15 is 0 Å². The van der Waals surface area contributed by atoms with Gasteiger partial charge in [-0.05, 0) is 35.7 Å². The van der Waals surface area contributed by atoms with Crippen molar-refractivity contribution in [3.8, 4) is 0 Å². The molecule has 2 aromatic rings. The third-order valence-electron chi connectivity index (χ3n) is 2.47. The topological polar surface area (TPSA) is 0 Å². The van der Waals surface area contributed by atoms with Gasteiger partial charge < -0.3 is 0 Å². The molecule has 0 amide bonds. The van der Waals surface area contributed by atoms with Crippen LogP contribution in [0.25, 0.3) is 10.8 Å². The van der Waals surface area contributed by atoms with Gasteiger partial charge in [-0.2, -0.15) is 0 Å². The van der Waals surface area contributed by atoms with E-state index in [1.54, 1.807) is 0 Å². The minimum Gasteiger partial charge on any atom is -0.0656 e. The molecule has 15 heavy (non-hydrogen) atoms. The molecule has 0 aliphatic heterocycles. The van der Waals surface area contributed by atoms with Gasteiger partial charge in [0.15, 0.2) is 0 Å². The minimum atomic E-state index is 1.25. The average Bonchev–Trinajstić information content (AvgIpc) is 2.25. The first-order valence-electron chi connectivity index (χ1n) is 5.65. The number of rotatable bonds is 0. The van der Waals surface area contributed by atoms with E-state index in [9.17, 15) is 0 Å². The maximum Gasteiger partial charge on any atom is -0.0152 e. The lowest BCUT2D eigenvalue weighted by Crippen LogP contribution is -1.82. The maximum atomic E-state index is 2.18. The standard InChI is InChI=1S/C12H12.C3H8/c1-9-7-8-11-5-3-4-6-12(11)10(9)2;1-3-2/h3-8H,1-2H3;3H2,1-2H3. The normalized spacial score (nSPS) is 9.60. The third kappa shape index (κ3) is 2.82. The van der Waals surface area contributed by atoms with Crippen LogP contribution in [0.4, 0.5) is 0 Å². The molecule has 0 aliphatic carbocycles. The third-order valence-corrected chi connectivity index (χ3v) is 2.47. The van der Waals surface area contributed by atoms with Crippen molar-refractivity contribution >= 4 is 10.8 Å². The van der Waals surface area contributed by atoms with E-state index in [-0.39, 0.29) is 0 Å². The lowest BCUT2D eigenvalue weighted by Gasteiger charge is -2.04. The van der Waals surface area contributed by atoms with Crippen molar-refractivity contribution in [1.29, 1.82) is 0 Å². The van der Waals surface area contributed by atoms with E-state index in [0.717, 1.165) is 0 Å². The number of benzene rings is 2. The SMILES string of the molecule is CCC.Cc1ccc2ccccc2c1C. The molecular formula is C15H20. The monoisotopic (exact) mass is 200 g/mol. The minimum absolute atomic E-state index is 1.25. The van der Waals surface area contributed by atoms with Crippen molar-refractivity contribution in [2.75, 3.05) is 0 Å². The molecule has 0 radical (unpaired) electrons. The molecule has 2 aromatic carbocycles. The Kier molecular flexibility index (Phi) is 4.36. The molecule has 0 saturated heterocycles. The van der Waals surface area contributed by atoms with Crippen molar-refractivity contribution < 1.29 is 0 Å². The highest BCUT2D eigenvalue weighted by Crippen LogP contribution is 2.20. The second-order valence-corrected chi connectivity index (χ2v) is 3.94. The van der Waals surface area contributed by atoms with Crippen molar-refractivity contribution in [2.45, 2.75) is 34.1 Å². The molecule has 0 aliphatic rings. The van der Waals surface area contributed by atoms with Gasteiger partial charge in [0, 0.05) is 0 Å². The molecule has 0 aromatic heterocycles. The summed E-state index contributed by atoms with van der Waals surface area (Å²) in [6.45, 7) is 8.58. The van der Waals surface area contributed by atoms with Crippen molar-refractivity contribution in [3.05, 3.63) is 47.5 Å². The van der Waals surface area contributed by atoms with Crippen molar-refractivity contribution in [2.24, 2.45) is 0 Å². The lowest BCUT2D eigenvalue weighted by molar-refractivity contribution is 1.09. The molecule has 0 fully saturated rings. The summed E-state index contributed by atoms with van der Waals surface area (Å²) in [5.41, 5.74) is 2.77. The Morgan fingerprint density at radius 3 is 2.13 bits per heavy atom. The van der Waals surface area contributed by atoms with Gasteiger partial charge >= 0.3 is 0 Å². The van der Waals surface area contributed by atoms with Crippen LogP contribution in [-0.2, 0) is 0 Å². The summed E-state index contributed by atoms with van der Waals surface area (Å²) in [6.07, 6.45) is 1.25. The first-order chi connectivity index (χ1) is 7.20. The van der Waals surface area contributed by atoms with Gasteiger partial charge in [0.1, 0.15) is 0 Å². The van der Waals surface area contributed by atoms with Crippen molar-refractivity contribution in [3.63, 3.8) is 0 Å². The largest absolute Gasteiger partial charge is 0.0656 e. The number of hydrogen-bond donors (Lipinski definition) is 0. The van der Waals surface area contributed by atoms with Gasteiger partial charge in [-0.3, -0.25) is 0 Å². The average molecular weight is 200 g/mol. The molecular weight excluding hydrogens is 180 g/mol. The molecule has 0 unspecified atom stereocenters. The molecule has 0 heterocycles. The van der Waals surface area contributed by atoms with E-state index < -0.39 is 0 Å². The second kappa shape index (κ2) is 5.55. The molecule has 0 heteroatoms. The van der Waals surface area contributed by atoms with Gasteiger partial charge in [0.2, 0.25) is 0 Å². The van der Waals surface area contributed by atoms with Gasteiger partial charge in [-0.25, -0.2) is 0 Å². The van der Waals surface area contributed by atoms with Crippen LogP contribution >= 0.6 is 0 Å². The summed E-state index contributed by atoms with van der Waals surface area (Å²) in [6, 6.07) is 12.9. The summed E-state index contributed by atoms with van der Waals surface area (Å²) in [7, 11) is 0. The van der Waals surface area contributed by atoms with Crippen LogP contribution in [0.1, 0.15) is 31.4 Å². The Morgan fingerprint density at radius 2 is 1.47 bits per heavy atom. The fourth-order valence-corrected chi connectivity index (χ4v) is 1.54. The van der Waals surface area contributed by atoms with Gasteiger partial charge in [0.05, 0.1) is 0 Å². The van der Waals surface area contributed by atoms with Crippen LogP contribution in [0, 0.1) is 13.8 Å². The van der Waals surface area contributed by atoms with Crippen molar-refractivity contribution in [1.82, 2.24) is 0 Å². The van der Waals surface area contributed by atoms with E-state index in [1.165, 1.54) is 28.3 Å². The summed E-state index contributed by atoms with van der Waals surface area (Å²) in [5.74, 6) is 0. The number of hydrogen-bond acceptors (Lipinski definition) is 0. The zero-order valence-corrected chi connectivity index (χ0v) is 10.2. The Labute approximate surface area is 92.9 Å². The molecule has 0 saturated carbocycles. The molecule has 0 atom stereocenters. The fraction of sp³-hybridized carbons (Fsp3) is 0.333. The lowest BCUT2D eigenvalue weighted by atomic mass is 10.0. The van der Waals surface area contributed by atoms with Gasteiger partial charge in [-0.15, -0.1) is 0 Å². The van der Waals surface area contributed by atoms with Crippen LogP contribution in [-0.4, -0.2) is 0 Å². The summed E-state index contributed by atoms with van der Waals surface area (Å²) in [5, 5.41) is 2.71. The fourth-order valence-electron chi connectivity index (χ4n) is 1.54. The summed E-state index contributed by atoms with van der Waals surface area (Å²) >= 11 is 0. The summed E-state index contributed by atoms with van der Waals surface area (Å²) < 4.78 is 0. The van der Waals surface area contributed by atoms with Crippen LogP contribution in [0.5, 0.6) is 0 Å². The zero-order valence-electron chi connectivity index (χ0n) is 10.2. The van der Waals surface area contributed by atoms with Gasteiger partial charge in [0.25, 0.3) is 0 Å². The zero-order chi connectivity index (χ0) is 11.3. The van der Waals surface area contributed by atoms with Crippen LogP contribution in [0.3, 0.4) is 0 Å². The first-order valence-corrected chi connectivity index (χ1v) is 5.65. The highest BCUT2D eigenvalue weighted by atomic mass is 14.0. The first kappa shape index (κ1) is 11.8. The van der Waals surface area contributed by atoms with E-state index in [0.29, 0.717) is 0 Å². The van der Waals surface area contributed by atoms with E-state index in [2.05, 4.69) is 64.1 Å². The Hall–Kier alpha value is -1.30. The maximum absolute atomic E-state index is 2.18. The van der Waals surface area contributed by atoms with Gasteiger partial charge in [-0.1, -0.05) is 56.7 Å². The molecule has 0 spiro atoms. The molecule has 2 rings (SSSR count). The van der Waals surface area contributed by atoms with E-state index in [4.69, 9.17) is 0 Å². The highest BCUT2D eigenvalue weighted by molar-refractivity contribution is 5.86. The number of fused-ring (bicyclic) bond motifs is 1. The van der Waals surface area contributed by atoms with E-state index in [1.807, 2.05) is 0 Å². The van der Waals surface area contributed by atoms with Crippen LogP contribution in [0.2, 0.25) is 0 Å². The Balaban J connectivity index is 0.000000337. The summed E-state index contributed by atoms with van der Waals surface area (Å²) in [4.78, 5) is 0. The van der Waals surface area contributed by atoms with Crippen LogP contribution in [0.15, 0.2) is 36.4 Å². The highest BCUT2D eigenvalue weighted by Gasteiger charge is 1.97. The predicted octanol–water partition coefficient (Wildman–Crippen LogP) is 4.87. The smallest absolute Gasteiger partial charge is 0.0152 e. The molecule has 80 valence electrons. The predicted molar refractivity (Wildman–Crippen MR) is 69.4 cm³/mol. The Morgan fingerprint density at radius 1 is 0.867 bits per heavy atom. The quantitative estimate of drug-likeness (QED) is 0.569. The molecule has 0 nitrogen and oxygen atoms in total. The Bertz CT molecular complexity index is 427. The number of aryl methyl sites for hydroxylation is 2. The van der Waals surface area contributed by atoms with Crippen LogP contribution < -0.4 is 0 Å².